The first-order valence-electron chi connectivity index (χ1n) is 10.1. The maximum absolute atomic E-state index is 13.2. The van der Waals surface area contributed by atoms with Gasteiger partial charge >= 0.3 is 5.97 Å². The van der Waals surface area contributed by atoms with Crippen LogP contribution in [0.1, 0.15) is 22.8 Å². The second kappa shape index (κ2) is 11.0. The number of hydrogen-bond donors (Lipinski definition) is 3. The predicted molar refractivity (Wildman–Crippen MR) is 154 cm³/mol. The van der Waals surface area contributed by atoms with Gasteiger partial charge in [-0.05, 0) is 139 Å². The standard InChI is InChI=1S/C25H15Br5O6/c1-35-24-16(29)8-12(9-17(24)30)22(32)21-20(11-6-14(27)23(33)15(28)7-11)19(36-25(21)34)5-10-2-3-18(31)13(26)4-10/h2-9,22,31-33H,1H3/b19-5-/t22-/m0/s1. The Kier molecular flexibility index (Phi) is 8.38. The zero-order valence-electron chi connectivity index (χ0n) is 18.2. The number of phenolic OH excluding ortho intramolecular Hbond substituents is 2. The number of halogens is 5. The topological polar surface area (TPSA) is 96.2 Å². The van der Waals surface area contributed by atoms with Crippen molar-refractivity contribution in [2.75, 3.05) is 7.11 Å². The van der Waals surface area contributed by atoms with Gasteiger partial charge in [0.15, 0.2) is 0 Å². The summed E-state index contributed by atoms with van der Waals surface area (Å²) in [5, 5.41) is 31.5. The minimum absolute atomic E-state index is 0.0114. The number of phenols is 2. The van der Waals surface area contributed by atoms with E-state index in [1.807, 2.05) is 0 Å². The molecule has 0 radical (unpaired) electrons. The molecule has 1 atom stereocenters. The normalized spacial score (nSPS) is 15.4. The maximum atomic E-state index is 13.2. The van der Waals surface area contributed by atoms with E-state index >= 15 is 0 Å². The van der Waals surface area contributed by atoms with Crippen LogP contribution in [0.4, 0.5) is 0 Å². The van der Waals surface area contributed by atoms with Gasteiger partial charge < -0.3 is 24.8 Å². The third-order valence-corrected chi connectivity index (χ3v) is 8.35. The Hall–Kier alpha value is -1.63. The molecule has 0 saturated heterocycles. The lowest BCUT2D eigenvalue weighted by atomic mass is 9.92. The number of carbonyl (C=O) groups is 1. The van der Waals surface area contributed by atoms with Crippen molar-refractivity contribution in [3.8, 4) is 17.2 Å². The summed E-state index contributed by atoms with van der Waals surface area (Å²) in [5.41, 5.74) is 1.95. The highest BCUT2D eigenvalue weighted by atomic mass is 79.9. The first-order chi connectivity index (χ1) is 17.0. The van der Waals surface area contributed by atoms with E-state index < -0.39 is 12.1 Å². The Labute approximate surface area is 248 Å². The van der Waals surface area contributed by atoms with Gasteiger partial charge in [-0.25, -0.2) is 4.79 Å². The first kappa shape index (κ1) is 27.4. The molecule has 1 heterocycles. The number of aliphatic hydroxyl groups is 1. The third kappa shape index (κ3) is 5.32. The molecule has 0 unspecified atom stereocenters. The lowest BCUT2D eigenvalue weighted by Crippen LogP contribution is -2.10. The number of cyclic esters (lactones) is 1. The number of ether oxygens (including phenoxy) is 2. The molecular weight excluding hydrogens is 796 g/mol. The van der Waals surface area contributed by atoms with Crippen LogP contribution in [0.2, 0.25) is 0 Å². The minimum atomic E-state index is -1.35. The Morgan fingerprint density at radius 2 is 1.50 bits per heavy atom. The number of carbonyl (C=O) groups excluding carboxylic acids is 1. The van der Waals surface area contributed by atoms with Crippen LogP contribution in [0.3, 0.4) is 0 Å². The summed E-state index contributed by atoms with van der Waals surface area (Å²) in [4.78, 5) is 13.2. The summed E-state index contributed by atoms with van der Waals surface area (Å²) in [6.07, 6.45) is 0.279. The average molecular weight is 811 g/mol. The highest BCUT2D eigenvalue weighted by Gasteiger charge is 2.37. The number of aliphatic hydroxyl groups excluding tert-OH is 1. The molecule has 0 aliphatic carbocycles. The molecule has 11 heteroatoms. The second-order valence-electron chi connectivity index (χ2n) is 7.61. The van der Waals surface area contributed by atoms with E-state index in [0.717, 1.165) is 0 Å². The zero-order valence-corrected chi connectivity index (χ0v) is 26.1. The lowest BCUT2D eigenvalue weighted by Gasteiger charge is -2.16. The molecule has 0 saturated carbocycles. The second-order valence-corrected chi connectivity index (χ2v) is 11.9. The predicted octanol–water partition coefficient (Wildman–Crippen LogP) is 8.00. The lowest BCUT2D eigenvalue weighted by molar-refractivity contribution is -0.134. The zero-order chi connectivity index (χ0) is 26.3. The van der Waals surface area contributed by atoms with E-state index in [0.29, 0.717) is 50.4 Å². The van der Waals surface area contributed by atoms with Gasteiger partial charge in [0.1, 0.15) is 29.1 Å². The summed E-state index contributed by atoms with van der Waals surface area (Å²) in [6.45, 7) is 0. The molecule has 3 N–H and O–H groups in total. The number of methoxy groups -OCH3 is 1. The van der Waals surface area contributed by atoms with Crippen molar-refractivity contribution >= 4 is 97.3 Å². The summed E-state index contributed by atoms with van der Waals surface area (Å²) >= 11 is 16.8. The third-order valence-electron chi connectivity index (χ3n) is 5.33. The highest BCUT2D eigenvalue weighted by Crippen LogP contribution is 2.46. The molecule has 0 aromatic heterocycles. The van der Waals surface area contributed by atoms with E-state index in [2.05, 4.69) is 79.6 Å². The van der Waals surface area contributed by atoms with Gasteiger partial charge in [-0.2, -0.15) is 0 Å². The van der Waals surface area contributed by atoms with Crippen LogP contribution in [0.25, 0.3) is 11.6 Å². The van der Waals surface area contributed by atoms with Crippen molar-refractivity contribution in [3.05, 3.63) is 92.9 Å². The fourth-order valence-electron chi connectivity index (χ4n) is 3.66. The van der Waals surface area contributed by atoms with Crippen LogP contribution in [-0.4, -0.2) is 28.4 Å². The van der Waals surface area contributed by atoms with Crippen LogP contribution in [0.5, 0.6) is 17.2 Å². The monoisotopic (exact) mass is 806 g/mol. The molecule has 6 nitrogen and oxygen atoms in total. The van der Waals surface area contributed by atoms with Crippen LogP contribution < -0.4 is 4.74 Å². The molecule has 0 spiro atoms. The van der Waals surface area contributed by atoms with Gasteiger partial charge in [-0.3, -0.25) is 0 Å². The molecule has 3 aromatic carbocycles. The van der Waals surface area contributed by atoms with Crippen molar-refractivity contribution in [3.63, 3.8) is 0 Å². The fourth-order valence-corrected chi connectivity index (χ4v) is 6.79. The van der Waals surface area contributed by atoms with Gasteiger partial charge in [0, 0.05) is 5.57 Å². The van der Waals surface area contributed by atoms with Gasteiger partial charge in [0.2, 0.25) is 0 Å². The number of allylic oxidation sites excluding steroid dienone is 1. The SMILES string of the molecule is COc1c(Br)cc([C@H](O)C2=C(c3cc(Br)c(O)c(Br)c3)/C(=C/c3ccc(O)c(Br)c3)OC2=O)cc1Br. The van der Waals surface area contributed by atoms with Gasteiger partial charge in [0.05, 0.1) is 35.0 Å². The van der Waals surface area contributed by atoms with Gasteiger partial charge in [-0.1, -0.05) is 6.07 Å². The molecule has 3 aromatic rings. The summed E-state index contributed by atoms with van der Waals surface area (Å²) in [5.74, 6) is 0.0731. The van der Waals surface area contributed by atoms with E-state index in [1.165, 1.54) is 13.2 Å². The van der Waals surface area contributed by atoms with E-state index in [9.17, 15) is 20.1 Å². The summed E-state index contributed by atoms with van der Waals surface area (Å²) < 4.78 is 13.4. The largest absolute Gasteiger partial charge is 0.507 e. The van der Waals surface area contributed by atoms with Crippen molar-refractivity contribution in [2.45, 2.75) is 6.10 Å². The maximum Gasteiger partial charge on any atom is 0.343 e. The number of esters is 1. The Morgan fingerprint density at radius 1 is 0.889 bits per heavy atom. The molecule has 1 aliphatic rings. The molecule has 0 fully saturated rings. The first-order valence-corrected chi connectivity index (χ1v) is 14.0. The summed E-state index contributed by atoms with van der Waals surface area (Å²) in [6, 6.07) is 11.4. The summed E-state index contributed by atoms with van der Waals surface area (Å²) in [7, 11) is 1.52. The van der Waals surface area contributed by atoms with Crippen LogP contribution in [0, 0.1) is 0 Å². The minimum Gasteiger partial charge on any atom is -0.507 e. The molecule has 1 aliphatic heterocycles. The molecule has 0 bridgehead atoms. The van der Waals surface area contributed by atoms with Crippen molar-refractivity contribution < 1.29 is 29.6 Å². The molecule has 4 rings (SSSR count). The van der Waals surface area contributed by atoms with E-state index in [-0.39, 0.29) is 22.8 Å². The van der Waals surface area contributed by atoms with Crippen molar-refractivity contribution in [1.82, 2.24) is 0 Å². The Morgan fingerprint density at radius 3 is 2.06 bits per heavy atom. The van der Waals surface area contributed by atoms with Crippen molar-refractivity contribution in [1.29, 1.82) is 0 Å². The molecule has 36 heavy (non-hydrogen) atoms. The molecule has 186 valence electrons. The van der Waals surface area contributed by atoms with E-state index in [1.54, 1.807) is 42.5 Å². The van der Waals surface area contributed by atoms with Gasteiger partial charge in [0.25, 0.3) is 0 Å². The quantitative estimate of drug-likeness (QED) is 0.226. The van der Waals surface area contributed by atoms with Crippen LogP contribution in [-0.2, 0) is 9.53 Å². The van der Waals surface area contributed by atoms with Crippen LogP contribution in [0.15, 0.2) is 76.2 Å². The molecule has 0 amide bonds. The highest BCUT2D eigenvalue weighted by molar-refractivity contribution is 9.11. The van der Waals surface area contributed by atoms with E-state index in [4.69, 9.17) is 9.47 Å². The Bertz CT molecular complexity index is 1420. The number of rotatable bonds is 5. The molecular formula is C25H15Br5O6. The fraction of sp³-hybridized carbons (Fsp3) is 0.0800. The van der Waals surface area contributed by atoms with Crippen molar-refractivity contribution in [2.24, 2.45) is 0 Å². The number of hydrogen-bond acceptors (Lipinski definition) is 6. The van der Waals surface area contributed by atoms with Gasteiger partial charge in [-0.15, -0.1) is 0 Å². The number of benzene rings is 3. The average Bonchev–Trinajstić information content (AvgIpc) is 3.14. The van der Waals surface area contributed by atoms with Crippen LogP contribution >= 0.6 is 79.6 Å². The number of aromatic hydroxyl groups is 2. The Balaban J connectivity index is 1.96. The smallest absolute Gasteiger partial charge is 0.343 e.